The van der Waals surface area contributed by atoms with Gasteiger partial charge in [0.15, 0.2) is 0 Å². The van der Waals surface area contributed by atoms with Crippen LogP contribution in [0.1, 0.15) is 12.8 Å². The van der Waals surface area contributed by atoms with Crippen molar-refractivity contribution in [1.82, 2.24) is 14.9 Å². The monoisotopic (exact) mass is 285 g/mol. The number of likely N-dealkylation sites (N-methyl/N-ethyl adjacent to an activating group) is 1. The van der Waals surface area contributed by atoms with E-state index in [-0.39, 0.29) is 24.4 Å². The molecule has 6 nitrogen and oxygen atoms in total. The summed E-state index contributed by atoms with van der Waals surface area (Å²) in [5, 5.41) is 3.11. The average Bonchev–Trinajstić information content (AvgIpc) is 2.28. The first-order valence-corrected chi connectivity index (χ1v) is 7.00. The first-order valence-electron chi connectivity index (χ1n) is 5.35. The maximum absolute atomic E-state index is 11.7. The molecule has 1 aliphatic rings. The quantitative estimate of drug-likeness (QED) is 0.707. The van der Waals surface area contributed by atoms with Crippen LogP contribution in [-0.4, -0.2) is 58.2 Å². The van der Waals surface area contributed by atoms with Crippen molar-refractivity contribution < 1.29 is 13.2 Å². The standard InChI is InChI=1S/C9H19N3O3S.ClH/c1-10-8-4-3-5-12(6-8)9(13)7-16(14,15)11-2;/h8,10-11H,3-7H2,1-2H3;1H. The van der Waals surface area contributed by atoms with E-state index in [4.69, 9.17) is 0 Å². The molecule has 1 heterocycles. The largest absolute Gasteiger partial charge is 0.340 e. The lowest BCUT2D eigenvalue weighted by Gasteiger charge is -2.32. The van der Waals surface area contributed by atoms with Crippen molar-refractivity contribution in [3.63, 3.8) is 0 Å². The van der Waals surface area contributed by atoms with Gasteiger partial charge in [0.25, 0.3) is 0 Å². The molecular weight excluding hydrogens is 266 g/mol. The Bertz CT molecular complexity index is 347. The van der Waals surface area contributed by atoms with Crippen LogP contribution >= 0.6 is 12.4 Å². The Hall–Kier alpha value is -0.370. The van der Waals surface area contributed by atoms with E-state index in [9.17, 15) is 13.2 Å². The molecule has 1 fully saturated rings. The molecule has 0 saturated carbocycles. The van der Waals surface area contributed by atoms with Gasteiger partial charge in [-0.05, 0) is 26.9 Å². The second kappa shape index (κ2) is 7.15. The molecule has 1 atom stereocenters. The third kappa shape index (κ3) is 5.20. The summed E-state index contributed by atoms with van der Waals surface area (Å²) in [6.45, 7) is 1.24. The van der Waals surface area contributed by atoms with Gasteiger partial charge in [0, 0.05) is 19.1 Å². The number of halogens is 1. The fourth-order valence-corrected chi connectivity index (χ4v) is 2.42. The van der Waals surface area contributed by atoms with Crippen molar-refractivity contribution in [3.8, 4) is 0 Å². The molecular formula is C9H20ClN3O3S. The molecule has 17 heavy (non-hydrogen) atoms. The number of carbonyl (C=O) groups is 1. The van der Waals surface area contributed by atoms with E-state index in [1.54, 1.807) is 4.90 Å². The molecule has 1 rings (SSSR count). The number of carbonyl (C=O) groups excluding carboxylic acids is 1. The van der Waals surface area contributed by atoms with Crippen molar-refractivity contribution in [2.45, 2.75) is 18.9 Å². The molecule has 0 aromatic heterocycles. The molecule has 0 radical (unpaired) electrons. The minimum Gasteiger partial charge on any atom is -0.340 e. The molecule has 0 aliphatic carbocycles. The highest BCUT2D eigenvalue weighted by Gasteiger charge is 2.25. The van der Waals surface area contributed by atoms with Crippen molar-refractivity contribution in [2.75, 3.05) is 32.9 Å². The molecule has 1 saturated heterocycles. The number of rotatable bonds is 4. The van der Waals surface area contributed by atoms with Gasteiger partial charge < -0.3 is 10.2 Å². The SMILES string of the molecule is CNC1CCCN(C(=O)CS(=O)(=O)NC)C1.Cl. The third-order valence-corrected chi connectivity index (χ3v) is 4.06. The number of nitrogens with one attached hydrogen (secondary N) is 2. The van der Waals surface area contributed by atoms with Gasteiger partial charge in [0.05, 0.1) is 0 Å². The first kappa shape index (κ1) is 16.6. The molecule has 0 aromatic carbocycles. The molecule has 0 spiro atoms. The van der Waals surface area contributed by atoms with E-state index in [0.29, 0.717) is 13.1 Å². The van der Waals surface area contributed by atoms with Gasteiger partial charge in [0.1, 0.15) is 5.75 Å². The highest BCUT2D eigenvalue weighted by molar-refractivity contribution is 7.90. The lowest BCUT2D eigenvalue weighted by molar-refractivity contribution is -0.129. The van der Waals surface area contributed by atoms with Gasteiger partial charge in [0.2, 0.25) is 15.9 Å². The highest BCUT2D eigenvalue weighted by atomic mass is 35.5. The number of hydrogen-bond donors (Lipinski definition) is 2. The molecule has 1 aliphatic heterocycles. The normalized spacial score (nSPS) is 20.8. The van der Waals surface area contributed by atoms with E-state index in [1.807, 2.05) is 7.05 Å². The smallest absolute Gasteiger partial charge is 0.239 e. The lowest BCUT2D eigenvalue weighted by Crippen LogP contribution is -2.49. The van der Waals surface area contributed by atoms with Crippen molar-refractivity contribution in [2.24, 2.45) is 0 Å². The second-order valence-corrected chi connectivity index (χ2v) is 5.86. The van der Waals surface area contributed by atoms with Crippen LogP contribution in [0.25, 0.3) is 0 Å². The maximum atomic E-state index is 11.7. The summed E-state index contributed by atoms with van der Waals surface area (Å²) in [5.41, 5.74) is 0. The zero-order valence-corrected chi connectivity index (χ0v) is 11.7. The van der Waals surface area contributed by atoms with Crippen molar-refractivity contribution in [1.29, 1.82) is 0 Å². The fourth-order valence-electron chi connectivity index (χ4n) is 1.77. The van der Waals surface area contributed by atoms with Gasteiger partial charge in [-0.25, -0.2) is 13.1 Å². The van der Waals surface area contributed by atoms with E-state index in [0.717, 1.165) is 12.8 Å². The minimum absolute atomic E-state index is 0. The Morgan fingerprint density at radius 1 is 1.41 bits per heavy atom. The summed E-state index contributed by atoms with van der Waals surface area (Å²) in [4.78, 5) is 13.3. The molecule has 1 unspecified atom stereocenters. The summed E-state index contributed by atoms with van der Waals surface area (Å²) in [7, 11) is -0.289. The lowest BCUT2D eigenvalue weighted by atomic mass is 10.1. The van der Waals surface area contributed by atoms with Crippen molar-refractivity contribution in [3.05, 3.63) is 0 Å². The fraction of sp³-hybridized carbons (Fsp3) is 0.889. The average molecular weight is 286 g/mol. The van der Waals surface area contributed by atoms with Gasteiger partial charge in [-0.2, -0.15) is 0 Å². The Balaban J connectivity index is 0.00000256. The van der Waals surface area contributed by atoms with Crippen LogP contribution in [0.2, 0.25) is 0 Å². The summed E-state index contributed by atoms with van der Waals surface area (Å²) in [6, 6.07) is 0.273. The van der Waals surface area contributed by atoms with Crippen LogP contribution in [0.4, 0.5) is 0 Å². The molecule has 2 N–H and O–H groups in total. The van der Waals surface area contributed by atoms with E-state index >= 15 is 0 Å². The van der Waals surface area contributed by atoms with E-state index in [1.165, 1.54) is 7.05 Å². The number of amides is 1. The summed E-state index contributed by atoms with van der Waals surface area (Å²) in [6.07, 6.45) is 1.94. The van der Waals surface area contributed by atoms with Crippen LogP contribution in [0.5, 0.6) is 0 Å². The first-order chi connectivity index (χ1) is 7.48. The summed E-state index contributed by atoms with van der Waals surface area (Å²) >= 11 is 0. The van der Waals surface area contributed by atoms with Crippen LogP contribution in [-0.2, 0) is 14.8 Å². The van der Waals surface area contributed by atoms with E-state index in [2.05, 4.69) is 10.0 Å². The van der Waals surface area contributed by atoms with Crippen LogP contribution in [0.3, 0.4) is 0 Å². The Morgan fingerprint density at radius 3 is 2.59 bits per heavy atom. The van der Waals surface area contributed by atoms with Crippen LogP contribution in [0.15, 0.2) is 0 Å². The Labute approximate surface area is 109 Å². The predicted molar refractivity (Wildman–Crippen MR) is 68.8 cm³/mol. The summed E-state index contributed by atoms with van der Waals surface area (Å²) < 4.78 is 24.6. The van der Waals surface area contributed by atoms with Gasteiger partial charge >= 0.3 is 0 Å². The zero-order chi connectivity index (χ0) is 12.2. The number of likely N-dealkylation sites (tertiary alicyclic amines) is 1. The Kier molecular flexibility index (Phi) is 6.99. The topological polar surface area (TPSA) is 78.5 Å². The number of nitrogens with zero attached hydrogens (tertiary/aromatic N) is 1. The predicted octanol–water partition coefficient (Wildman–Crippen LogP) is -0.832. The Morgan fingerprint density at radius 2 is 2.06 bits per heavy atom. The number of sulfonamides is 1. The van der Waals surface area contributed by atoms with Gasteiger partial charge in [-0.1, -0.05) is 0 Å². The zero-order valence-electron chi connectivity index (χ0n) is 10.1. The summed E-state index contributed by atoms with van der Waals surface area (Å²) in [5.74, 6) is -0.783. The number of piperidine rings is 1. The number of hydrogen-bond acceptors (Lipinski definition) is 4. The van der Waals surface area contributed by atoms with Gasteiger partial charge in [-0.3, -0.25) is 4.79 Å². The van der Waals surface area contributed by atoms with Crippen molar-refractivity contribution >= 4 is 28.3 Å². The third-order valence-electron chi connectivity index (χ3n) is 2.81. The maximum Gasteiger partial charge on any atom is 0.239 e. The highest BCUT2D eigenvalue weighted by Crippen LogP contribution is 2.10. The van der Waals surface area contributed by atoms with Gasteiger partial charge in [-0.15, -0.1) is 12.4 Å². The molecule has 0 aromatic rings. The van der Waals surface area contributed by atoms with Crippen LogP contribution < -0.4 is 10.0 Å². The molecule has 1 amide bonds. The molecule has 0 bridgehead atoms. The molecule has 102 valence electrons. The van der Waals surface area contributed by atoms with E-state index < -0.39 is 15.8 Å². The minimum atomic E-state index is -3.45. The molecule has 8 heteroatoms. The van der Waals surface area contributed by atoms with Crippen LogP contribution in [0, 0.1) is 0 Å². The second-order valence-electron chi connectivity index (χ2n) is 3.93.